The lowest BCUT2D eigenvalue weighted by atomic mass is 9.95. The van der Waals surface area contributed by atoms with E-state index in [2.05, 4.69) is 10.3 Å². The molecule has 1 aliphatic heterocycles. The molecule has 6 nitrogen and oxygen atoms in total. The largest absolute Gasteiger partial charge is 0.475 e. The normalized spacial score (nSPS) is 18.1. The van der Waals surface area contributed by atoms with Crippen LogP contribution in [0.4, 0.5) is 4.79 Å². The Morgan fingerprint density at radius 3 is 2.92 bits per heavy atom. The van der Waals surface area contributed by atoms with Crippen molar-refractivity contribution in [1.82, 2.24) is 15.2 Å². The highest BCUT2D eigenvalue weighted by atomic mass is 16.5. The van der Waals surface area contributed by atoms with E-state index < -0.39 is 0 Å². The number of nitrogens with zero attached hydrogens (tertiary/aromatic N) is 2. The summed E-state index contributed by atoms with van der Waals surface area (Å²) in [6, 6.07) is 4.30. The van der Waals surface area contributed by atoms with Crippen LogP contribution in [0.5, 0.6) is 5.88 Å². The second kappa shape index (κ2) is 8.33. The highest BCUT2D eigenvalue weighted by molar-refractivity contribution is 5.74. The maximum Gasteiger partial charge on any atom is 0.317 e. The van der Waals surface area contributed by atoms with E-state index in [0.29, 0.717) is 38.2 Å². The van der Waals surface area contributed by atoms with Crippen molar-refractivity contribution in [2.45, 2.75) is 51.1 Å². The van der Waals surface area contributed by atoms with Gasteiger partial charge in [-0.15, -0.1) is 0 Å². The summed E-state index contributed by atoms with van der Waals surface area (Å²) in [5.74, 6) is 0.630. The van der Waals surface area contributed by atoms with Crippen LogP contribution in [0.25, 0.3) is 0 Å². The third-order valence-electron chi connectivity index (χ3n) is 4.78. The van der Waals surface area contributed by atoms with Gasteiger partial charge in [-0.25, -0.2) is 9.78 Å². The van der Waals surface area contributed by atoms with Gasteiger partial charge < -0.3 is 19.7 Å². The molecule has 1 aliphatic carbocycles. The van der Waals surface area contributed by atoms with E-state index in [1.165, 1.54) is 19.3 Å². The lowest BCUT2D eigenvalue weighted by molar-refractivity contribution is 0.143. The molecular weight excluding hydrogens is 306 g/mol. The minimum atomic E-state index is 0.0629. The van der Waals surface area contributed by atoms with Crippen molar-refractivity contribution in [3.63, 3.8) is 0 Å². The second-order valence-corrected chi connectivity index (χ2v) is 6.55. The van der Waals surface area contributed by atoms with Gasteiger partial charge in [-0.1, -0.05) is 25.3 Å². The maximum atomic E-state index is 12.5. The van der Waals surface area contributed by atoms with Gasteiger partial charge >= 0.3 is 6.03 Å². The summed E-state index contributed by atoms with van der Waals surface area (Å²) < 4.78 is 10.5. The fraction of sp³-hybridized carbons (Fsp3) is 0.667. The lowest BCUT2D eigenvalue weighted by Crippen LogP contribution is -2.47. The quantitative estimate of drug-likeness (QED) is 0.841. The van der Waals surface area contributed by atoms with Crippen molar-refractivity contribution in [2.75, 3.05) is 26.9 Å². The zero-order chi connectivity index (χ0) is 16.8. The number of ether oxygens (including phenoxy) is 2. The maximum absolute atomic E-state index is 12.5. The molecule has 1 saturated carbocycles. The molecule has 3 rings (SSSR count). The summed E-state index contributed by atoms with van der Waals surface area (Å²) in [4.78, 5) is 18.9. The first-order valence-corrected chi connectivity index (χ1v) is 8.92. The van der Waals surface area contributed by atoms with E-state index in [1.807, 2.05) is 17.0 Å². The summed E-state index contributed by atoms with van der Waals surface area (Å²) in [5.41, 5.74) is 2.14. The van der Waals surface area contributed by atoms with Gasteiger partial charge in [-0.05, 0) is 18.4 Å². The monoisotopic (exact) mass is 333 g/mol. The predicted molar refractivity (Wildman–Crippen MR) is 91.1 cm³/mol. The minimum Gasteiger partial charge on any atom is -0.475 e. The standard InChI is InChI=1S/C18H27N3O3/c1-23-11-12-24-17-8-7-14-13-21(10-9-16(14)20-17)18(22)19-15-5-3-2-4-6-15/h7-8,15H,2-6,9-13H2,1H3,(H,19,22). The molecule has 2 amide bonds. The highest BCUT2D eigenvalue weighted by Gasteiger charge is 2.24. The van der Waals surface area contributed by atoms with Crippen LogP contribution >= 0.6 is 0 Å². The number of nitrogens with one attached hydrogen (secondary N) is 1. The molecule has 0 radical (unpaired) electrons. The molecule has 6 heteroatoms. The van der Waals surface area contributed by atoms with Crippen LogP contribution < -0.4 is 10.1 Å². The van der Waals surface area contributed by atoms with E-state index >= 15 is 0 Å². The number of hydrogen-bond donors (Lipinski definition) is 1. The van der Waals surface area contributed by atoms with Crippen LogP contribution in [-0.4, -0.2) is 48.8 Å². The Hall–Kier alpha value is -1.82. The molecule has 24 heavy (non-hydrogen) atoms. The first kappa shape index (κ1) is 17.0. The van der Waals surface area contributed by atoms with Crippen LogP contribution in [0.2, 0.25) is 0 Å². The van der Waals surface area contributed by atoms with Gasteiger partial charge in [0.25, 0.3) is 0 Å². The molecule has 2 heterocycles. The Morgan fingerprint density at radius 1 is 1.29 bits per heavy atom. The Morgan fingerprint density at radius 2 is 2.12 bits per heavy atom. The number of pyridine rings is 1. The molecule has 0 spiro atoms. The van der Waals surface area contributed by atoms with Gasteiger partial charge in [0.1, 0.15) is 6.61 Å². The fourth-order valence-electron chi connectivity index (χ4n) is 3.39. The number of carbonyl (C=O) groups is 1. The average molecular weight is 333 g/mol. The van der Waals surface area contributed by atoms with Gasteiger partial charge in [0.15, 0.2) is 0 Å². The van der Waals surface area contributed by atoms with E-state index in [-0.39, 0.29) is 6.03 Å². The van der Waals surface area contributed by atoms with E-state index in [4.69, 9.17) is 9.47 Å². The highest BCUT2D eigenvalue weighted by Crippen LogP contribution is 2.22. The van der Waals surface area contributed by atoms with E-state index in [1.54, 1.807) is 7.11 Å². The van der Waals surface area contributed by atoms with Crippen molar-refractivity contribution < 1.29 is 14.3 Å². The molecule has 1 aromatic heterocycles. The van der Waals surface area contributed by atoms with Crippen LogP contribution in [0, 0.1) is 0 Å². The number of rotatable bonds is 5. The number of methoxy groups -OCH3 is 1. The zero-order valence-electron chi connectivity index (χ0n) is 14.4. The topological polar surface area (TPSA) is 63.7 Å². The van der Waals surface area contributed by atoms with Gasteiger partial charge in [0.2, 0.25) is 5.88 Å². The zero-order valence-corrected chi connectivity index (χ0v) is 14.4. The van der Waals surface area contributed by atoms with Crippen LogP contribution in [-0.2, 0) is 17.7 Å². The van der Waals surface area contributed by atoms with Crippen LogP contribution in [0.15, 0.2) is 12.1 Å². The minimum absolute atomic E-state index is 0.0629. The summed E-state index contributed by atoms with van der Waals surface area (Å²) in [6.45, 7) is 2.38. The first-order chi connectivity index (χ1) is 11.8. The Kier molecular flexibility index (Phi) is 5.91. The number of carbonyl (C=O) groups excluding carboxylic acids is 1. The molecular formula is C18H27N3O3. The number of fused-ring (bicyclic) bond motifs is 1. The van der Waals surface area contributed by atoms with E-state index in [0.717, 1.165) is 30.5 Å². The molecule has 0 saturated heterocycles. The average Bonchev–Trinajstić information content (AvgIpc) is 2.62. The van der Waals surface area contributed by atoms with Gasteiger partial charge in [-0.2, -0.15) is 0 Å². The van der Waals surface area contributed by atoms with Crippen molar-refractivity contribution in [1.29, 1.82) is 0 Å². The molecule has 0 unspecified atom stereocenters. The molecule has 1 fully saturated rings. The van der Waals surface area contributed by atoms with Crippen molar-refractivity contribution in [3.8, 4) is 5.88 Å². The predicted octanol–water partition coefficient (Wildman–Crippen LogP) is 2.51. The number of hydrogen-bond acceptors (Lipinski definition) is 4. The Labute approximate surface area is 143 Å². The fourth-order valence-corrected chi connectivity index (χ4v) is 3.39. The smallest absolute Gasteiger partial charge is 0.317 e. The summed E-state index contributed by atoms with van der Waals surface area (Å²) in [7, 11) is 1.65. The van der Waals surface area contributed by atoms with Crippen LogP contribution in [0.1, 0.15) is 43.4 Å². The van der Waals surface area contributed by atoms with Gasteiger partial charge in [-0.3, -0.25) is 0 Å². The van der Waals surface area contributed by atoms with Crippen molar-refractivity contribution in [2.24, 2.45) is 0 Å². The molecule has 0 aromatic carbocycles. The number of aromatic nitrogens is 1. The van der Waals surface area contributed by atoms with Gasteiger partial charge in [0, 0.05) is 38.7 Å². The molecule has 132 valence electrons. The lowest BCUT2D eigenvalue weighted by Gasteiger charge is -2.31. The third-order valence-corrected chi connectivity index (χ3v) is 4.78. The molecule has 1 aromatic rings. The molecule has 0 atom stereocenters. The van der Waals surface area contributed by atoms with Crippen molar-refractivity contribution in [3.05, 3.63) is 23.4 Å². The van der Waals surface area contributed by atoms with Gasteiger partial charge in [0.05, 0.1) is 12.3 Å². The van der Waals surface area contributed by atoms with Crippen LogP contribution in [0.3, 0.4) is 0 Å². The van der Waals surface area contributed by atoms with Crippen molar-refractivity contribution >= 4 is 6.03 Å². The molecule has 0 bridgehead atoms. The number of urea groups is 1. The first-order valence-electron chi connectivity index (χ1n) is 8.92. The Balaban J connectivity index is 1.54. The second-order valence-electron chi connectivity index (χ2n) is 6.55. The summed E-state index contributed by atoms with van der Waals surface area (Å²) in [5, 5.41) is 3.19. The molecule has 1 N–H and O–H groups in total. The van der Waals surface area contributed by atoms with E-state index in [9.17, 15) is 4.79 Å². The molecule has 2 aliphatic rings. The SMILES string of the molecule is COCCOc1ccc2c(n1)CCN(C(=O)NC1CCCCC1)C2. The summed E-state index contributed by atoms with van der Waals surface area (Å²) in [6.07, 6.45) is 6.74. The third kappa shape index (κ3) is 4.38. The Bertz CT molecular complexity index is 558. The summed E-state index contributed by atoms with van der Waals surface area (Å²) >= 11 is 0. The number of amides is 2.